The van der Waals surface area contributed by atoms with E-state index in [4.69, 9.17) is 0 Å². The first-order valence-corrected chi connectivity index (χ1v) is 2.89. The molecule has 0 heterocycles. The zero-order chi connectivity index (χ0) is 7.40. The van der Waals surface area contributed by atoms with Gasteiger partial charge in [-0.15, -0.1) is 0 Å². The first-order chi connectivity index (χ1) is 4.84. The van der Waals surface area contributed by atoms with Crippen molar-refractivity contribution in [1.29, 1.82) is 0 Å². The molecule has 1 aromatic carbocycles. The van der Waals surface area contributed by atoms with E-state index < -0.39 is 5.78 Å². The third kappa shape index (κ3) is 2.93. The molecule has 0 saturated carbocycles. The number of Topliss-reactive ketones (excluding diaryl/α,β-unsaturated/α-hetero) is 1. The number of hydrogen-bond donors (Lipinski definition) is 0. The van der Waals surface area contributed by atoms with Gasteiger partial charge in [0.25, 0.3) is 0 Å². The molecule has 3 heteroatoms. The molecular formula is C8H6HgO2. The van der Waals surface area contributed by atoms with Gasteiger partial charge in [0.1, 0.15) is 0 Å². The van der Waals surface area contributed by atoms with Crippen LogP contribution in [0.25, 0.3) is 0 Å². The fourth-order valence-corrected chi connectivity index (χ4v) is 0.670. The molecule has 0 bridgehead atoms. The van der Waals surface area contributed by atoms with Crippen molar-refractivity contribution in [3.05, 3.63) is 35.9 Å². The number of carbonyl (C=O) groups excluding carboxylic acids is 2. The summed E-state index contributed by atoms with van der Waals surface area (Å²) in [6, 6.07) is 8.45. The summed E-state index contributed by atoms with van der Waals surface area (Å²) >= 11 is 0. The quantitative estimate of drug-likeness (QED) is 0.351. The fourth-order valence-electron chi connectivity index (χ4n) is 0.670. The van der Waals surface area contributed by atoms with Crippen LogP contribution in [0.5, 0.6) is 0 Å². The molecule has 52 valence electrons. The zero-order valence-electron chi connectivity index (χ0n) is 5.99. The molecule has 2 nitrogen and oxygen atoms in total. The van der Waals surface area contributed by atoms with Gasteiger partial charge in [0, 0.05) is 33.2 Å². The van der Waals surface area contributed by atoms with Gasteiger partial charge in [0.2, 0.25) is 5.78 Å². The molecule has 0 aliphatic rings. The van der Waals surface area contributed by atoms with Gasteiger partial charge in [-0.2, -0.15) is 0 Å². The number of rotatable bonds is 2. The Kier molecular flexibility index (Phi) is 4.95. The molecule has 0 unspecified atom stereocenters. The number of benzene rings is 1. The molecule has 1 rings (SSSR count). The molecule has 0 spiro atoms. The number of hydrogen-bond acceptors (Lipinski definition) is 2. The summed E-state index contributed by atoms with van der Waals surface area (Å²) in [6.45, 7) is 0. The van der Waals surface area contributed by atoms with Crippen LogP contribution in [0.2, 0.25) is 0 Å². The molecule has 0 aliphatic heterocycles. The molecular weight excluding hydrogens is 329 g/mol. The second kappa shape index (κ2) is 5.19. The molecule has 0 N–H and O–H groups in total. The van der Waals surface area contributed by atoms with E-state index in [-0.39, 0.29) is 27.7 Å². The van der Waals surface area contributed by atoms with E-state index >= 15 is 0 Å². The predicted octanol–water partition coefficient (Wildman–Crippen LogP) is 1.07. The SMILES string of the molecule is O=CC(=O)c1ccccc1.[Hg]. The van der Waals surface area contributed by atoms with E-state index in [1.54, 1.807) is 30.3 Å². The van der Waals surface area contributed by atoms with Gasteiger partial charge in [-0.25, -0.2) is 0 Å². The average molecular weight is 335 g/mol. The average Bonchev–Trinajstić information content (AvgIpc) is 2.05. The molecule has 0 aromatic heterocycles. The van der Waals surface area contributed by atoms with Crippen molar-refractivity contribution in [3.8, 4) is 0 Å². The van der Waals surface area contributed by atoms with Crippen molar-refractivity contribution in [2.24, 2.45) is 0 Å². The van der Waals surface area contributed by atoms with Crippen LogP contribution in [-0.4, -0.2) is 12.1 Å². The summed E-state index contributed by atoms with van der Waals surface area (Å²) in [5.41, 5.74) is 0.442. The summed E-state index contributed by atoms with van der Waals surface area (Å²) in [5.74, 6) is -0.472. The van der Waals surface area contributed by atoms with Gasteiger partial charge in [0.15, 0.2) is 6.29 Å². The smallest absolute Gasteiger partial charge is 0.225 e. The Labute approximate surface area is 85.1 Å². The second-order valence-electron chi connectivity index (χ2n) is 1.85. The molecule has 1 aromatic rings. The van der Waals surface area contributed by atoms with Crippen molar-refractivity contribution >= 4 is 12.1 Å². The van der Waals surface area contributed by atoms with Crippen molar-refractivity contribution in [1.82, 2.24) is 0 Å². The van der Waals surface area contributed by atoms with Crippen LogP contribution >= 0.6 is 0 Å². The maximum absolute atomic E-state index is 10.6. The fraction of sp³-hybridized carbons (Fsp3) is 0. The Morgan fingerprint density at radius 1 is 1.18 bits per heavy atom. The Hall–Kier alpha value is -0.505. The van der Waals surface area contributed by atoms with Crippen molar-refractivity contribution < 1.29 is 37.3 Å². The standard InChI is InChI=1S/C8H6O2.Hg/c9-6-8(10)7-4-2-1-3-5-7;/h1-6H;. The van der Waals surface area contributed by atoms with Crippen LogP contribution in [0.15, 0.2) is 30.3 Å². The van der Waals surface area contributed by atoms with Crippen LogP contribution in [0.1, 0.15) is 10.4 Å². The maximum atomic E-state index is 10.6. The monoisotopic (exact) mass is 336 g/mol. The third-order valence-electron chi connectivity index (χ3n) is 1.17. The van der Waals surface area contributed by atoms with Gasteiger partial charge < -0.3 is 0 Å². The van der Waals surface area contributed by atoms with Crippen LogP contribution in [0.4, 0.5) is 0 Å². The maximum Gasteiger partial charge on any atom is 0.225 e. The molecule has 0 amide bonds. The molecule has 11 heavy (non-hydrogen) atoms. The summed E-state index contributed by atoms with van der Waals surface area (Å²) in [5, 5.41) is 0. The molecule has 0 aliphatic carbocycles. The molecule has 0 fully saturated rings. The summed E-state index contributed by atoms with van der Waals surface area (Å²) < 4.78 is 0. The number of ketones is 1. The van der Waals surface area contributed by atoms with E-state index in [1.165, 1.54) is 0 Å². The second-order valence-corrected chi connectivity index (χ2v) is 1.85. The number of carbonyl (C=O) groups is 2. The Bertz CT molecular complexity index is 244. The topological polar surface area (TPSA) is 34.1 Å². The van der Waals surface area contributed by atoms with Crippen LogP contribution in [-0.2, 0) is 32.5 Å². The van der Waals surface area contributed by atoms with Crippen LogP contribution in [0, 0.1) is 0 Å². The first kappa shape index (κ1) is 10.5. The van der Waals surface area contributed by atoms with E-state index in [0.29, 0.717) is 11.8 Å². The first-order valence-electron chi connectivity index (χ1n) is 2.89. The minimum atomic E-state index is -0.472. The van der Waals surface area contributed by atoms with E-state index in [9.17, 15) is 9.59 Å². The van der Waals surface area contributed by atoms with Gasteiger partial charge in [-0.05, 0) is 0 Å². The normalized spacial score (nSPS) is 8.00. The summed E-state index contributed by atoms with van der Waals surface area (Å²) in [7, 11) is 0. The Balaban J connectivity index is 0.000001000. The summed E-state index contributed by atoms with van der Waals surface area (Å²) in [6.07, 6.45) is 0.315. The van der Waals surface area contributed by atoms with Crippen molar-refractivity contribution in [2.75, 3.05) is 0 Å². The van der Waals surface area contributed by atoms with Gasteiger partial charge in [-0.1, -0.05) is 30.3 Å². The molecule has 0 saturated heterocycles. The van der Waals surface area contributed by atoms with Crippen LogP contribution in [0.3, 0.4) is 0 Å². The minimum absolute atomic E-state index is 0. The van der Waals surface area contributed by atoms with E-state index in [1.807, 2.05) is 0 Å². The minimum Gasteiger partial charge on any atom is -0.294 e. The predicted molar refractivity (Wildman–Crippen MR) is 36.8 cm³/mol. The van der Waals surface area contributed by atoms with Crippen molar-refractivity contribution in [2.45, 2.75) is 0 Å². The third-order valence-corrected chi connectivity index (χ3v) is 1.17. The van der Waals surface area contributed by atoms with Gasteiger partial charge in [0.05, 0.1) is 0 Å². The van der Waals surface area contributed by atoms with Crippen molar-refractivity contribution in [3.63, 3.8) is 0 Å². The van der Waals surface area contributed by atoms with E-state index in [0.717, 1.165) is 0 Å². The molecule has 0 atom stereocenters. The largest absolute Gasteiger partial charge is 0.294 e. The molecule has 0 radical (unpaired) electrons. The Morgan fingerprint density at radius 3 is 2.18 bits per heavy atom. The van der Waals surface area contributed by atoms with Gasteiger partial charge >= 0.3 is 0 Å². The Morgan fingerprint density at radius 2 is 1.73 bits per heavy atom. The van der Waals surface area contributed by atoms with Crippen LogP contribution < -0.4 is 0 Å². The number of aldehydes is 1. The van der Waals surface area contributed by atoms with E-state index in [2.05, 4.69) is 0 Å². The van der Waals surface area contributed by atoms with Gasteiger partial charge in [-0.3, -0.25) is 9.59 Å². The zero-order valence-corrected chi connectivity index (χ0v) is 11.5. The summed E-state index contributed by atoms with van der Waals surface area (Å²) in [4.78, 5) is 20.6.